The monoisotopic (exact) mass is 290 g/mol. The van der Waals surface area contributed by atoms with E-state index in [0.717, 1.165) is 37.7 Å². The average molecular weight is 290 g/mol. The third kappa shape index (κ3) is 2.87. The molecule has 1 aliphatic rings. The zero-order valence-corrected chi connectivity index (χ0v) is 12.3. The van der Waals surface area contributed by atoms with Crippen molar-refractivity contribution in [3.8, 4) is 0 Å². The molecular weight excluding hydrogens is 271 g/mol. The largest absolute Gasteiger partial charge is 0.368 e. The normalized spacial score (nSPS) is 18.0. The van der Waals surface area contributed by atoms with Gasteiger partial charge in [-0.25, -0.2) is 4.39 Å². The first-order valence-electron chi connectivity index (χ1n) is 7.08. The van der Waals surface area contributed by atoms with Crippen LogP contribution in [0.3, 0.4) is 0 Å². The number of halogens is 1. The number of nitrogens with zero attached hydrogens (tertiary/aromatic N) is 6. The maximum atomic E-state index is 13.2. The van der Waals surface area contributed by atoms with Gasteiger partial charge in [0.1, 0.15) is 18.0 Å². The molecule has 1 aliphatic heterocycles. The van der Waals surface area contributed by atoms with Gasteiger partial charge in [-0.3, -0.25) is 9.88 Å². The summed E-state index contributed by atoms with van der Waals surface area (Å²) >= 11 is 0. The lowest BCUT2D eigenvalue weighted by molar-refractivity contribution is 0.189. The van der Waals surface area contributed by atoms with Gasteiger partial charge in [0.25, 0.3) is 0 Å². The molecule has 2 aromatic rings. The van der Waals surface area contributed by atoms with Crippen molar-refractivity contribution < 1.29 is 4.39 Å². The third-order valence-corrected chi connectivity index (χ3v) is 4.04. The maximum absolute atomic E-state index is 13.2. The first-order chi connectivity index (χ1) is 10.1. The van der Waals surface area contributed by atoms with Crippen molar-refractivity contribution in [3.63, 3.8) is 0 Å². The number of pyridine rings is 1. The molecule has 112 valence electrons. The molecule has 3 heterocycles. The zero-order valence-electron chi connectivity index (χ0n) is 12.3. The molecule has 0 aliphatic carbocycles. The Labute approximate surface area is 123 Å². The minimum atomic E-state index is -0.289. The molecular formula is C14H19FN6. The van der Waals surface area contributed by atoms with Gasteiger partial charge in [0.05, 0.1) is 24.1 Å². The predicted octanol–water partition coefficient (Wildman–Crippen LogP) is 1.23. The van der Waals surface area contributed by atoms with E-state index in [1.54, 1.807) is 12.5 Å². The van der Waals surface area contributed by atoms with Gasteiger partial charge in [0.2, 0.25) is 0 Å². The number of piperazine rings is 1. The second kappa shape index (κ2) is 5.77. The van der Waals surface area contributed by atoms with Crippen LogP contribution in [0.4, 0.5) is 10.1 Å². The van der Waals surface area contributed by atoms with Gasteiger partial charge in [0, 0.05) is 39.3 Å². The summed E-state index contributed by atoms with van der Waals surface area (Å²) < 4.78 is 15.2. The summed E-state index contributed by atoms with van der Waals surface area (Å²) in [6.45, 7) is 5.67. The molecule has 1 fully saturated rings. The van der Waals surface area contributed by atoms with Crippen LogP contribution in [-0.4, -0.2) is 50.8 Å². The van der Waals surface area contributed by atoms with E-state index in [4.69, 9.17) is 0 Å². The lowest BCUT2D eigenvalue weighted by atomic mass is 10.2. The molecule has 1 saturated heterocycles. The standard InChI is InChI=1S/C14H19FN6/c1-11(14-18-17-10-19(14)2)20-3-5-21(6-4-20)13-7-12(15)8-16-9-13/h7-11H,3-6H2,1-2H3. The summed E-state index contributed by atoms with van der Waals surface area (Å²) in [6.07, 6.45) is 4.67. The Balaban J connectivity index is 1.64. The highest BCUT2D eigenvalue weighted by Crippen LogP contribution is 2.22. The van der Waals surface area contributed by atoms with E-state index in [9.17, 15) is 4.39 Å². The van der Waals surface area contributed by atoms with E-state index in [0.29, 0.717) is 0 Å². The van der Waals surface area contributed by atoms with Gasteiger partial charge < -0.3 is 9.47 Å². The number of anilines is 1. The second-order valence-corrected chi connectivity index (χ2v) is 5.36. The van der Waals surface area contributed by atoms with E-state index in [2.05, 4.69) is 31.9 Å². The van der Waals surface area contributed by atoms with Crippen LogP contribution < -0.4 is 4.90 Å². The Morgan fingerprint density at radius 3 is 2.57 bits per heavy atom. The lowest BCUT2D eigenvalue weighted by Gasteiger charge is -2.38. The molecule has 21 heavy (non-hydrogen) atoms. The lowest BCUT2D eigenvalue weighted by Crippen LogP contribution is -2.47. The van der Waals surface area contributed by atoms with Gasteiger partial charge in [-0.1, -0.05) is 0 Å². The van der Waals surface area contributed by atoms with Gasteiger partial charge in [0.15, 0.2) is 0 Å². The quantitative estimate of drug-likeness (QED) is 0.851. The minimum Gasteiger partial charge on any atom is -0.368 e. The molecule has 7 heteroatoms. The number of hydrogen-bond donors (Lipinski definition) is 0. The summed E-state index contributed by atoms with van der Waals surface area (Å²) in [5, 5.41) is 8.11. The summed E-state index contributed by atoms with van der Waals surface area (Å²) in [5.74, 6) is 0.679. The molecule has 0 N–H and O–H groups in total. The fourth-order valence-electron chi connectivity index (χ4n) is 2.77. The van der Waals surface area contributed by atoms with Crippen LogP contribution in [0.25, 0.3) is 0 Å². The second-order valence-electron chi connectivity index (χ2n) is 5.36. The van der Waals surface area contributed by atoms with Crippen molar-refractivity contribution in [2.75, 3.05) is 31.1 Å². The summed E-state index contributed by atoms with van der Waals surface area (Å²) in [4.78, 5) is 8.44. The van der Waals surface area contributed by atoms with Crippen LogP contribution in [0.5, 0.6) is 0 Å². The first kappa shape index (κ1) is 13.9. The van der Waals surface area contributed by atoms with Crippen LogP contribution in [0.15, 0.2) is 24.8 Å². The van der Waals surface area contributed by atoms with Gasteiger partial charge in [-0.15, -0.1) is 10.2 Å². The fraction of sp³-hybridized carbons (Fsp3) is 0.500. The molecule has 2 aromatic heterocycles. The Kier molecular flexibility index (Phi) is 3.83. The van der Waals surface area contributed by atoms with Gasteiger partial charge in [-0.2, -0.15) is 0 Å². The highest BCUT2D eigenvalue weighted by Gasteiger charge is 2.24. The van der Waals surface area contributed by atoms with E-state index in [1.807, 2.05) is 11.6 Å². The average Bonchev–Trinajstić information content (AvgIpc) is 2.93. The van der Waals surface area contributed by atoms with Crippen LogP contribution in [0.2, 0.25) is 0 Å². The van der Waals surface area contributed by atoms with Crippen molar-refractivity contribution in [2.24, 2.45) is 7.05 Å². The molecule has 3 rings (SSSR count). The van der Waals surface area contributed by atoms with Crippen molar-refractivity contribution in [1.29, 1.82) is 0 Å². The van der Waals surface area contributed by atoms with Crippen LogP contribution in [0, 0.1) is 5.82 Å². The smallest absolute Gasteiger partial charge is 0.149 e. The number of aryl methyl sites for hydroxylation is 1. The minimum absolute atomic E-state index is 0.227. The summed E-state index contributed by atoms with van der Waals surface area (Å²) in [5.41, 5.74) is 0.848. The van der Waals surface area contributed by atoms with E-state index < -0.39 is 0 Å². The number of aromatic nitrogens is 4. The molecule has 0 bridgehead atoms. The van der Waals surface area contributed by atoms with Crippen molar-refractivity contribution in [1.82, 2.24) is 24.6 Å². The van der Waals surface area contributed by atoms with Crippen LogP contribution in [0.1, 0.15) is 18.8 Å². The summed E-state index contributed by atoms with van der Waals surface area (Å²) in [6, 6.07) is 1.76. The molecule has 1 atom stereocenters. The molecule has 0 saturated carbocycles. The Hall–Kier alpha value is -2.02. The van der Waals surface area contributed by atoms with Crippen molar-refractivity contribution in [2.45, 2.75) is 13.0 Å². The Morgan fingerprint density at radius 2 is 1.95 bits per heavy atom. The van der Waals surface area contributed by atoms with Crippen molar-refractivity contribution >= 4 is 5.69 Å². The van der Waals surface area contributed by atoms with Crippen LogP contribution in [-0.2, 0) is 7.05 Å². The molecule has 0 radical (unpaired) electrons. The third-order valence-electron chi connectivity index (χ3n) is 4.04. The van der Waals surface area contributed by atoms with E-state index >= 15 is 0 Å². The highest BCUT2D eigenvalue weighted by atomic mass is 19.1. The SMILES string of the molecule is CC(c1nncn1C)N1CCN(c2cncc(F)c2)CC1. The molecule has 6 nitrogen and oxygen atoms in total. The van der Waals surface area contributed by atoms with E-state index in [1.165, 1.54) is 12.3 Å². The maximum Gasteiger partial charge on any atom is 0.149 e. The summed E-state index contributed by atoms with van der Waals surface area (Å²) in [7, 11) is 1.96. The predicted molar refractivity (Wildman–Crippen MR) is 77.4 cm³/mol. The molecule has 0 amide bonds. The molecule has 1 unspecified atom stereocenters. The topological polar surface area (TPSA) is 50.1 Å². The first-order valence-corrected chi connectivity index (χ1v) is 7.08. The zero-order chi connectivity index (χ0) is 14.8. The Bertz CT molecular complexity index is 605. The number of hydrogen-bond acceptors (Lipinski definition) is 5. The van der Waals surface area contributed by atoms with Crippen LogP contribution >= 0.6 is 0 Å². The molecule has 0 aromatic carbocycles. The van der Waals surface area contributed by atoms with Gasteiger partial charge >= 0.3 is 0 Å². The Morgan fingerprint density at radius 1 is 1.19 bits per heavy atom. The number of rotatable bonds is 3. The highest BCUT2D eigenvalue weighted by molar-refractivity contribution is 5.44. The van der Waals surface area contributed by atoms with E-state index in [-0.39, 0.29) is 11.9 Å². The van der Waals surface area contributed by atoms with Crippen molar-refractivity contribution in [3.05, 3.63) is 36.4 Å². The molecule has 0 spiro atoms. The fourth-order valence-corrected chi connectivity index (χ4v) is 2.77. The van der Waals surface area contributed by atoms with Gasteiger partial charge in [-0.05, 0) is 6.92 Å².